The molecule has 0 amide bonds. The standard InChI is InChI=1S/C9H5BrN2O4/c10-3-1-4-6(13)5(9(15)16)8(14)12-7(4)11-2-3/h1-2H,(H,15,16)(H2,11,12,13,14). The van der Waals surface area contributed by atoms with Gasteiger partial charge < -0.3 is 15.2 Å². The first-order chi connectivity index (χ1) is 7.50. The highest BCUT2D eigenvalue weighted by atomic mass is 79.9. The molecule has 0 radical (unpaired) electrons. The van der Waals surface area contributed by atoms with Gasteiger partial charge in [-0.25, -0.2) is 9.78 Å². The predicted molar refractivity (Wildman–Crippen MR) is 58.7 cm³/mol. The van der Waals surface area contributed by atoms with Gasteiger partial charge in [0.05, 0.1) is 5.39 Å². The molecule has 2 aromatic rings. The Labute approximate surface area is 96.7 Å². The zero-order chi connectivity index (χ0) is 11.9. The summed E-state index contributed by atoms with van der Waals surface area (Å²) in [4.78, 5) is 28.2. The summed E-state index contributed by atoms with van der Waals surface area (Å²) in [5.41, 5.74) is -1.43. The van der Waals surface area contributed by atoms with Crippen LogP contribution in [0.25, 0.3) is 11.0 Å². The van der Waals surface area contributed by atoms with Crippen LogP contribution in [0.3, 0.4) is 0 Å². The van der Waals surface area contributed by atoms with E-state index in [9.17, 15) is 14.7 Å². The van der Waals surface area contributed by atoms with Crippen molar-refractivity contribution >= 4 is 32.9 Å². The number of rotatable bonds is 1. The number of nitrogens with one attached hydrogen (secondary N) is 1. The maximum absolute atomic E-state index is 11.3. The number of H-pyrrole nitrogens is 1. The number of carboxylic acids is 1. The van der Waals surface area contributed by atoms with E-state index in [1.54, 1.807) is 0 Å². The van der Waals surface area contributed by atoms with Crippen molar-refractivity contribution in [2.24, 2.45) is 0 Å². The molecule has 0 fully saturated rings. The van der Waals surface area contributed by atoms with E-state index < -0.39 is 22.8 Å². The van der Waals surface area contributed by atoms with E-state index in [2.05, 4.69) is 25.9 Å². The Bertz CT molecular complexity index is 650. The summed E-state index contributed by atoms with van der Waals surface area (Å²) in [6.45, 7) is 0. The van der Waals surface area contributed by atoms with Crippen molar-refractivity contribution in [2.75, 3.05) is 0 Å². The molecule has 0 saturated heterocycles. The lowest BCUT2D eigenvalue weighted by atomic mass is 10.2. The summed E-state index contributed by atoms with van der Waals surface area (Å²) in [6.07, 6.45) is 1.43. The number of aromatic carboxylic acids is 1. The Morgan fingerprint density at radius 1 is 1.50 bits per heavy atom. The molecule has 7 heteroatoms. The highest BCUT2D eigenvalue weighted by Crippen LogP contribution is 2.25. The van der Waals surface area contributed by atoms with Crippen molar-refractivity contribution in [2.45, 2.75) is 0 Å². The fourth-order valence-electron chi connectivity index (χ4n) is 1.33. The fraction of sp³-hybridized carbons (Fsp3) is 0. The van der Waals surface area contributed by atoms with Crippen LogP contribution in [0.4, 0.5) is 0 Å². The molecule has 0 spiro atoms. The van der Waals surface area contributed by atoms with E-state index in [-0.39, 0.29) is 11.0 Å². The summed E-state index contributed by atoms with van der Waals surface area (Å²) in [7, 11) is 0. The quantitative estimate of drug-likeness (QED) is 0.727. The Morgan fingerprint density at radius 3 is 2.81 bits per heavy atom. The van der Waals surface area contributed by atoms with Crippen LogP contribution in [0, 0.1) is 0 Å². The lowest BCUT2D eigenvalue weighted by Gasteiger charge is -2.03. The molecule has 6 nitrogen and oxygen atoms in total. The number of halogens is 1. The number of hydrogen-bond donors (Lipinski definition) is 3. The van der Waals surface area contributed by atoms with Crippen LogP contribution in [0.2, 0.25) is 0 Å². The number of nitrogens with zero attached hydrogens (tertiary/aromatic N) is 1. The van der Waals surface area contributed by atoms with Gasteiger partial charge in [0, 0.05) is 10.7 Å². The number of fused-ring (bicyclic) bond motifs is 1. The number of pyridine rings is 2. The van der Waals surface area contributed by atoms with E-state index >= 15 is 0 Å². The Morgan fingerprint density at radius 2 is 2.19 bits per heavy atom. The summed E-state index contributed by atoms with van der Waals surface area (Å²) < 4.78 is 0.568. The second-order valence-electron chi connectivity index (χ2n) is 3.03. The minimum atomic E-state index is -1.49. The van der Waals surface area contributed by atoms with E-state index in [4.69, 9.17) is 5.11 Å². The van der Waals surface area contributed by atoms with Gasteiger partial charge in [-0.3, -0.25) is 4.79 Å². The minimum Gasteiger partial charge on any atom is -0.506 e. The second-order valence-corrected chi connectivity index (χ2v) is 3.95. The van der Waals surface area contributed by atoms with Crippen molar-refractivity contribution in [1.29, 1.82) is 0 Å². The van der Waals surface area contributed by atoms with Crippen LogP contribution in [-0.2, 0) is 0 Å². The maximum Gasteiger partial charge on any atom is 0.345 e. The van der Waals surface area contributed by atoms with Gasteiger partial charge in [-0.1, -0.05) is 0 Å². The Balaban J connectivity index is 2.96. The van der Waals surface area contributed by atoms with Crippen molar-refractivity contribution in [1.82, 2.24) is 9.97 Å². The zero-order valence-corrected chi connectivity index (χ0v) is 9.28. The third-order valence-electron chi connectivity index (χ3n) is 2.02. The first kappa shape index (κ1) is 10.6. The smallest absolute Gasteiger partial charge is 0.345 e. The van der Waals surface area contributed by atoms with Gasteiger partial charge in [0.2, 0.25) is 0 Å². The SMILES string of the molecule is O=C(O)c1c(O)c2cc(Br)cnc2[nH]c1=O. The average molecular weight is 285 g/mol. The summed E-state index contributed by atoms with van der Waals surface area (Å²) in [5, 5.41) is 18.6. The van der Waals surface area contributed by atoms with Crippen LogP contribution in [0.5, 0.6) is 5.75 Å². The normalized spacial score (nSPS) is 10.6. The molecule has 0 aliphatic carbocycles. The van der Waals surface area contributed by atoms with Crippen molar-refractivity contribution in [3.05, 3.63) is 32.7 Å². The minimum absolute atomic E-state index is 0.135. The molecule has 16 heavy (non-hydrogen) atoms. The Kier molecular flexibility index (Phi) is 2.39. The number of aromatic amines is 1. The van der Waals surface area contributed by atoms with Gasteiger partial charge in [0.15, 0.2) is 5.56 Å². The summed E-state index contributed by atoms with van der Waals surface area (Å²) in [6, 6.07) is 1.47. The Hall–Kier alpha value is -1.89. The number of carbonyl (C=O) groups is 1. The summed E-state index contributed by atoms with van der Waals surface area (Å²) >= 11 is 3.13. The largest absolute Gasteiger partial charge is 0.506 e. The molecule has 0 atom stereocenters. The summed E-state index contributed by atoms with van der Waals surface area (Å²) in [5.74, 6) is -2.07. The van der Waals surface area contributed by atoms with Gasteiger partial charge in [-0.2, -0.15) is 0 Å². The van der Waals surface area contributed by atoms with Crippen LogP contribution < -0.4 is 5.56 Å². The van der Waals surface area contributed by atoms with Crippen molar-refractivity contribution < 1.29 is 15.0 Å². The molecule has 82 valence electrons. The van der Waals surface area contributed by atoms with Crippen LogP contribution >= 0.6 is 15.9 Å². The molecule has 0 bridgehead atoms. The molecule has 0 aliphatic heterocycles. The molecule has 0 aliphatic rings. The van der Waals surface area contributed by atoms with E-state index in [1.165, 1.54) is 12.3 Å². The van der Waals surface area contributed by atoms with Crippen molar-refractivity contribution in [3.63, 3.8) is 0 Å². The predicted octanol–water partition coefficient (Wildman–Crippen LogP) is 1.09. The molecule has 3 N–H and O–H groups in total. The number of hydrogen-bond acceptors (Lipinski definition) is 4. The molecule has 0 aromatic carbocycles. The van der Waals surface area contributed by atoms with Gasteiger partial charge in [-0.05, 0) is 22.0 Å². The molecular weight excluding hydrogens is 280 g/mol. The van der Waals surface area contributed by atoms with Crippen molar-refractivity contribution in [3.8, 4) is 5.75 Å². The zero-order valence-electron chi connectivity index (χ0n) is 7.69. The van der Waals surface area contributed by atoms with Gasteiger partial charge in [0.25, 0.3) is 5.56 Å². The van der Waals surface area contributed by atoms with E-state index in [0.29, 0.717) is 4.47 Å². The first-order valence-corrected chi connectivity index (χ1v) is 4.94. The lowest BCUT2D eigenvalue weighted by Crippen LogP contribution is -2.18. The van der Waals surface area contributed by atoms with E-state index in [0.717, 1.165) is 0 Å². The lowest BCUT2D eigenvalue weighted by molar-refractivity contribution is 0.0692. The number of aromatic hydroxyl groups is 1. The van der Waals surface area contributed by atoms with Crippen LogP contribution in [0.15, 0.2) is 21.5 Å². The van der Waals surface area contributed by atoms with Crippen LogP contribution in [0.1, 0.15) is 10.4 Å². The highest BCUT2D eigenvalue weighted by molar-refractivity contribution is 9.10. The number of aromatic nitrogens is 2. The topological polar surface area (TPSA) is 103 Å². The van der Waals surface area contributed by atoms with E-state index in [1.807, 2.05) is 0 Å². The second kappa shape index (κ2) is 3.60. The molecule has 2 heterocycles. The third kappa shape index (κ3) is 1.54. The monoisotopic (exact) mass is 284 g/mol. The molecule has 0 saturated carbocycles. The van der Waals surface area contributed by atoms with Crippen LogP contribution in [-0.4, -0.2) is 26.2 Å². The molecule has 2 rings (SSSR count). The first-order valence-electron chi connectivity index (χ1n) is 4.14. The molecular formula is C9H5BrN2O4. The molecule has 2 aromatic heterocycles. The third-order valence-corrected chi connectivity index (χ3v) is 2.45. The van der Waals surface area contributed by atoms with Gasteiger partial charge in [-0.15, -0.1) is 0 Å². The molecule has 0 unspecified atom stereocenters. The maximum atomic E-state index is 11.3. The highest BCUT2D eigenvalue weighted by Gasteiger charge is 2.18. The van der Waals surface area contributed by atoms with Gasteiger partial charge in [0.1, 0.15) is 11.4 Å². The number of carboxylic acid groups (broad SMARTS) is 1. The van der Waals surface area contributed by atoms with Gasteiger partial charge >= 0.3 is 5.97 Å². The average Bonchev–Trinajstić information content (AvgIpc) is 2.19. The fourth-order valence-corrected chi connectivity index (χ4v) is 1.66.